The van der Waals surface area contributed by atoms with E-state index in [2.05, 4.69) is 43.5 Å². The summed E-state index contributed by atoms with van der Waals surface area (Å²) >= 11 is 0. The average Bonchev–Trinajstić information content (AvgIpc) is 3.42. The molecule has 8 nitrogen and oxygen atoms in total. The topological polar surface area (TPSA) is 87.5 Å². The fraction of sp³-hybridized carbons (Fsp3) is 0.310. The highest BCUT2D eigenvalue weighted by Crippen LogP contribution is 2.35. The minimum atomic E-state index is -0.647. The number of amides is 3. The van der Waals surface area contributed by atoms with Crippen LogP contribution in [0.1, 0.15) is 56.6 Å². The number of hydrogen-bond acceptors (Lipinski definition) is 4. The molecule has 1 aliphatic rings. The van der Waals surface area contributed by atoms with Crippen molar-refractivity contribution in [1.29, 1.82) is 0 Å². The SMILES string of the molecule is C=C(NC(=O)C(=C)N1Cc2c(cccc2-c2ccc3nn(C(C)C)cc3c2)C1=O)C(=O)N(C)C(C)(C)C. The van der Waals surface area contributed by atoms with Crippen LogP contribution < -0.4 is 5.32 Å². The Labute approximate surface area is 217 Å². The van der Waals surface area contributed by atoms with Gasteiger partial charge in [-0.2, -0.15) is 5.10 Å². The third kappa shape index (κ3) is 4.79. The molecule has 0 saturated heterocycles. The van der Waals surface area contributed by atoms with Gasteiger partial charge >= 0.3 is 0 Å². The second-order valence-corrected chi connectivity index (χ2v) is 10.6. The van der Waals surface area contributed by atoms with Gasteiger partial charge in [-0.1, -0.05) is 31.4 Å². The fourth-order valence-corrected chi connectivity index (χ4v) is 4.19. The normalized spacial score (nSPS) is 13.2. The molecule has 192 valence electrons. The van der Waals surface area contributed by atoms with E-state index in [9.17, 15) is 14.4 Å². The Balaban J connectivity index is 1.56. The van der Waals surface area contributed by atoms with Crippen LogP contribution in [0.15, 0.2) is 67.1 Å². The van der Waals surface area contributed by atoms with Crippen molar-refractivity contribution in [3.8, 4) is 11.1 Å². The summed E-state index contributed by atoms with van der Waals surface area (Å²) in [4.78, 5) is 41.6. The molecular formula is C29H33N5O3. The molecule has 0 aliphatic carbocycles. The number of hydrogen-bond donors (Lipinski definition) is 1. The molecule has 3 amide bonds. The van der Waals surface area contributed by atoms with Crippen molar-refractivity contribution in [1.82, 2.24) is 24.9 Å². The molecule has 0 bridgehead atoms. The standard InChI is InChI=1S/C29H33N5O3/c1-17(2)34-15-21-14-20(12-13-25(21)31-34)22-10-9-11-23-24(22)16-33(28(23)37)19(4)26(35)30-18(3)27(36)32(8)29(5,6)7/h9-15,17H,3-4,16H2,1-2,5-8H3,(H,30,35). The lowest BCUT2D eigenvalue weighted by atomic mass is 9.96. The predicted octanol–water partition coefficient (Wildman–Crippen LogP) is 4.64. The summed E-state index contributed by atoms with van der Waals surface area (Å²) in [5.41, 5.74) is 3.54. The number of nitrogens with zero attached hydrogens (tertiary/aromatic N) is 4. The van der Waals surface area contributed by atoms with E-state index in [4.69, 9.17) is 0 Å². The molecular weight excluding hydrogens is 466 g/mol. The molecule has 1 aromatic heterocycles. The minimum Gasteiger partial charge on any atom is -0.336 e. The van der Waals surface area contributed by atoms with E-state index in [0.717, 1.165) is 27.6 Å². The molecule has 1 N–H and O–H groups in total. The highest BCUT2D eigenvalue weighted by Gasteiger charge is 2.34. The lowest BCUT2D eigenvalue weighted by Gasteiger charge is -2.32. The van der Waals surface area contributed by atoms with Gasteiger partial charge in [-0.25, -0.2) is 0 Å². The maximum Gasteiger partial charge on any atom is 0.271 e. The molecule has 2 aromatic carbocycles. The van der Waals surface area contributed by atoms with E-state index in [-0.39, 0.29) is 29.9 Å². The number of rotatable bonds is 6. The van der Waals surface area contributed by atoms with Gasteiger partial charge in [0, 0.05) is 35.8 Å². The number of benzene rings is 2. The highest BCUT2D eigenvalue weighted by atomic mass is 16.2. The van der Waals surface area contributed by atoms with Gasteiger partial charge in [0.15, 0.2) is 0 Å². The van der Waals surface area contributed by atoms with Gasteiger partial charge in [-0.15, -0.1) is 0 Å². The van der Waals surface area contributed by atoms with Gasteiger partial charge in [0.2, 0.25) is 0 Å². The van der Waals surface area contributed by atoms with Crippen molar-refractivity contribution in [3.63, 3.8) is 0 Å². The summed E-state index contributed by atoms with van der Waals surface area (Å²) in [5.74, 6) is -1.37. The smallest absolute Gasteiger partial charge is 0.271 e. The second kappa shape index (κ2) is 9.35. The third-order valence-corrected chi connectivity index (χ3v) is 6.75. The molecule has 0 atom stereocenters. The minimum absolute atomic E-state index is 0.0480. The van der Waals surface area contributed by atoms with E-state index in [1.165, 1.54) is 9.80 Å². The summed E-state index contributed by atoms with van der Waals surface area (Å²) < 4.78 is 1.93. The zero-order valence-corrected chi connectivity index (χ0v) is 22.3. The van der Waals surface area contributed by atoms with Crippen molar-refractivity contribution in [2.75, 3.05) is 7.05 Å². The van der Waals surface area contributed by atoms with Crippen molar-refractivity contribution in [2.45, 2.75) is 52.7 Å². The van der Waals surface area contributed by atoms with Crippen molar-refractivity contribution >= 4 is 28.6 Å². The first-order valence-electron chi connectivity index (χ1n) is 12.2. The molecule has 3 aromatic rings. The molecule has 0 radical (unpaired) electrons. The number of fused-ring (bicyclic) bond motifs is 2. The first-order chi connectivity index (χ1) is 17.3. The fourth-order valence-electron chi connectivity index (χ4n) is 4.19. The average molecular weight is 500 g/mol. The quantitative estimate of drug-likeness (QED) is 0.501. The van der Waals surface area contributed by atoms with E-state index in [1.807, 2.05) is 55.9 Å². The highest BCUT2D eigenvalue weighted by molar-refractivity contribution is 6.08. The summed E-state index contributed by atoms with van der Waals surface area (Å²) in [6.45, 7) is 17.6. The largest absolute Gasteiger partial charge is 0.336 e. The van der Waals surface area contributed by atoms with Crippen LogP contribution in [0.2, 0.25) is 0 Å². The van der Waals surface area contributed by atoms with Crippen LogP contribution in [-0.2, 0) is 16.1 Å². The molecule has 4 rings (SSSR count). The van der Waals surface area contributed by atoms with Crippen LogP contribution in [0.5, 0.6) is 0 Å². The molecule has 0 spiro atoms. The van der Waals surface area contributed by atoms with Gasteiger partial charge in [-0.05, 0) is 69.5 Å². The molecule has 37 heavy (non-hydrogen) atoms. The number of carbonyl (C=O) groups excluding carboxylic acids is 3. The van der Waals surface area contributed by atoms with Crippen molar-refractivity contribution in [3.05, 3.63) is 78.3 Å². The Morgan fingerprint density at radius 3 is 2.43 bits per heavy atom. The first-order valence-corrected chi connectivity index (χ1v) is 12.2. The zero-order valence-electron chi connectivity index (χ0n) is 22.3. The Kier molecular flexibility index (Phi) is 6.54. The van der Waals surface area contributed by atoms with Crippen LogP contribution in [0.25, 0.3) is 22.0 Å². The Morgan fingerprint density at radius 2 is 1.78 bits per heavy atom. The Bertz CT molecular complexity index is 1460. The predicted molar refractivity (Wildman–Crippen MR) is 144 cm³/mol. The van der Waals surface area contributed by atoms with E-state index >= 15 is 0 Å². The Morgan fingerprint density at radius 1 is 1.11 bits per heavy atom. The number of nitrogens with one attached hydrogen (secondary N) is 1. The number of likely N-dealkylation sites (N-methyl/N-ethyl adjacent to an activating group) is 1. The monoisotopic (exact) mass is 499 g/mol. The maximum absolute atomic E-state index is 13.3. The van der Waals surface area contributed by atoms with E-state index in [1.54, 1.807) is 13.1 Å². The summed E-state index contributed by atoms with van der Waals surface area (Å²) in [6.07, 6.45) is 2.02. The number of carbonyl (C=O) groups is 3. The number of aromatic nitrogens is 2. The molecule has 0 saturated carbocycles. The van der Waals surface area contributed by atoms with Crippen LogP contribution in [0, 0.1) is 0 Å². The summed E-state index contributed by atoms with van der Waals surface area (Å²) in [7, 11) is 1.64. The van der Waals surface area contributed by atoms with E-state index in [0.29, 0.717) is 5.56 Å². The van der Waals surface area contributed by atoms with Crippen molar-refractivity contribution < 1.29 is 14.4 Å². The molecule has 8 heteroatoms. The van der Waals surface area contributed by atoms with Gasteiger partial charge in [0.05, 0.1) is 17.8 Å². The second-order valence-electron chi connectivity index (χ2n) is 10.6. The van der Waals surface area contributed by atoms with Crippen LogP contribution >= 0.6 is 0 Å². The lowest BCUT2D eigenvalue weighted by Crippen LogP contribution is -2.46. The molecule has 0 fully saturated rings. The lowest BCUT2D eigenvalue weighted by molar-refractivity contribution is -0.131. The molecule has 1 aliphatic heterocycles. The van der Waals surface area contributed by atoms with Crippen LogP contribution in [-0.4, -0.2) is 49.9 Å². The van der Waals surface area contributed by atoms with Crippen LogP contribution in [0.4, 0.5) is 0 Å². The zero-order chi connectivity index (χ0) is 27.2. The summed E-state index contributed by atoms with van der Waals surface area (Å²) in [5, 5.41) is 8.13. The first kappa shape index (κ1) is 25.9. The summed E-state index contributed by atoms with van der Waals surface area (Å²) in [6, 6.07) is 11.8. The third-order valence-electron chi connectivity index (χ3n) is 6.75. The van der Waals surface area contributed by atoms with Gasteiger partial charge in [0.25, 0.3) is 17.7 Å². The van der Waals surface area contributed by atoms with Gasteiger partial charge in [0.1, 0.15) is 5.70 Å². The van der Waals surface area contributed by atoms with E-state index < -0.39 is 17.4 Å². The van der Waals surface area contributed by atoms with Gasteiger partial charge < -0.3 is 10.2 Å². The molecule has 2 heterocycles. The molecule has 0 unspecified atom stereocenters. The maximum atomic E-state index is 13.3. The van der Waals surface area contributed by atoms with Crippen molar-refractivity contribution in [2.24, 2.45) is 0 Å². The Hall–Kier alpha value is -4.20. The van der Waals surface area contributed by atoms with Crippen LogP contribution in [0.3, 0.4) is 0 Å². The van der Waals surface area contributed by atoms with Gasteiger partial charge in [-0.3, -0.25) is 24.0 Å².